The van der Waals surface area contributed by atoms with Gasteiger partial charge in [0, 0.05) is 6.61 Å². The van der Waals surface area contributed by atoms with E-state index in [1.165, 1.54) is 5.01 Å². The molecular formula is C7H11N3O3. The molecule has 0 bridgehead atoms. The first-order chi connectivity index (χ1) is 6.25. The van der Waals surface area contributed by atoms with Gasteiger partial charge >= 0.3 is 6.03 Å². The van der Waals surface area contributed by atoms with Gasteiger partial charge in [-0.3, -0.25) is 10.1 Å². The van der Waals surface area contributed by atoms with E-state index in [0.29, 0.717) is 13.2 Å². The molecule has 3 amide bonds. The SMILES string of the molecule is O=C1CN(NC2CCOC2)C(=O)N1. The van der Waals surface area contributed by atoms with Crippen LogP contribution in [0.2, 0.25) is 0 Å². The topological polar surface area (TPSA) is 70.7 Å². The summed E-state index contributed by atoms with van der Waals surface area (Å²) in [5.74, 6) is -0.267. The number of nitrogens with one attached hydrogen (secondary N) is 2. The quantitative estimate of drug-likeness (QED) is 0.532. The Kier molecular flexibility index (Phi) is 2.15. The van der Waals surface area contributed by atoms with Gasteiger partial charge in [-0.1, -0.05) is 0 Å². The van der Waals surface area contributed by atoms with Gasteiger partial charge in [0.05, 0.1) is 12.6 Å². The van der Waals surface area contributed by atoms with Gasteiger partial charge < -0.3 is 4.74 Å². The largest absolute Gasteiger partial charge is 0.380 e. The zero-order valence-corrected chi connectivity index (χ0v) is 7.08. The zero-order chi connectivity index (χ0) is 9.26. The molecular weight excluding hydrogens is 174 g/mol. The second-order valence-corrected chi connectivity index (χ2v) is 3.13. The van der Waals surface area contributed by atoms with Crippen molar-refractivity contribution in [3.63, 3.8) is 0 Å². The molecule has 0 aromatic carbocycles. The first-order valence-corrected chi connectivity index (χ1v) is 4.21. The summed E-state index contributed by atoms with van der Waals surface area (Å²) in [4.78, 5) is 21.9. The third-order valence-electron chi connectivity index (χ3n) is 2.06. The smallest absolute Gasteiger partial charge is 0.338 e. The minimum Gasteiger partial charge on any atom is -0.380 e. The Balaban J connectivity index is 1.87. The van der Waals surface area contributed by atoms with Crippen LogP contribution in [0.25, 0.3) is 0 Å². The highest BCUT2D eigenvalue weighted by molar-refractivity contribution is 6.01. The summed E-state index contributed by atoms with van der Waals surface area (Å²) in [5.41, 5.74) is 2.93. The maximum Gasteiger partial charge on any atom is 0.338 e. The molecule has 13 heavy (non-hydrogen) atoms. The highest BCUT2D eigenvalue weighted by Gasteiger charge is 2.29. The fraction of sp³-hybridized carbons (Fsp3) is 0.714. The van der Waals surface area contributed by atoms with Crippen LogP contribution >= 0.6 is 0 Å². The Bertz CT molecular complexity index is 237. The monoisotopic (exact) mass is 185 g/mol. The summed E-state index contributed by atoms with van der Waals surface area (Å²) >= 11 is 0. The van der Waals surface area contributed by atoms with Gasteiger partial charge in [-0.05, 0) is 6.42 Å². The number of carbonyl (C=O) groups excluding carboxylic acids is 2. The molecule has 0 aliphatic carbocycles. The molecule has 1 unspecified atom stereocenters. The Hall–Kier alpha value is -1.14. The number of urea groups is 1. The van der Waals surface area contributed by atoms with Crippen LogP contribution in [-0.2, 0) is 9.53 Å². The summed E-state index contributed by atoms with van der Waals surface area (Å²) in [6, 6.07) is -0.228. The normalized spacial score (nSPS) is 28.3. The minimum absolute atomic E-state index is 0.0926. The molecule has 0 aromatic rings. The molecule has 2 rings (SSSR count). The van der Waals surface area contributed by atoms with Crippen molar-refractivity contribution in [2.75, 3.05) is 19.8 Å². The molecule has 2 saturated heterocycles. The van der Waals surface area contributed by atoms with E-state index in [9.17, 15) is 9.59 Å². The second kappa shape index (κ2) is 3.31. The van der Waals surface area contributed by atoms with Gasteiger partial charge in [-0.15, -0.1) is 0 Å². The fourth-order valence-electron chi connectivity index (χ4n) is 1.40. The van der Waals surface area contributed by atoms with Crippen molar-refractivity contribution in [2.45, 2.75) is 12.5 Å². The van der Waals surface area contributed by atoms with E-state index in [0.717, 1.165) is 6.42 Å². The van der Waals surface area contributed by atoms with Crippen molar-refractivity contribution in [3.05, 3.63) is 0 Å². The molecule has 0 radical (unpaired) electrons. The van der Waals surface area contributed by atoms with Crippen LogP contribution in [0.5, 0.6) is 0 Å². The van der Waals surface area contributed by atoms with Crippen LogP contribution < -0.4 is 10.7 Å². The predicted molar refractivity (Wildman–Crippen MR) is 42.6 cm³/mol. The van der Waals surface area contributed by atoms with Gasteiger partial charge in [-0.25, -0.2) is 15.2 Å². The molecule has 0 aromatic heterocycles. The molecule has 1 atom stereocenters. The average Bonchev–Trinajstić information content (AvgIpc) is 2.63. The van der Waals surface area contributed by atoms with Crippen LogP contribution in [0, 0.1) is 0 Å². The molecule has 2 heterocycles. The maximum atomic E-state index is 11.1. The van der Waals surface area contributed by atoms with Gasteiger partial charge in [0.15, 0.2) is 0 Å². The van der Waals surface area contributed by atoms with E-state index in [1.54, 1.807) is 0 Å². The Morgan fingerprint density at radius 2 is 2.38 bits per heavy atom. The average molecular weight is 185 g/mol. The van der Waals surface area contributed by atoms with Crippen molar-refractivity contribution in [2.24, 2.45) is 0 Å². The van der Waals surface area contributed by atoms with Crippen molar-refractivity contribution in [1.82, 2.24) is 15.8 Å². The summed E-state index contributed by atoms with van der Waals surface area (Å²) in [7, 11) is 0. The van der Waals surface area contributed by atoms with Gasteiger partial charge in [-0.2, -0.15) is 0 Å². The molecule has 6 heteroatoms. The molecule has 2 fully saturated rings. The number of ether oxygens (including phenoxy) is 1. The zero-order valence-electron chi connectivity index (χ0n) is 7.08. The van der Waals surface area contributed by atoms with Crippen LogP contribution in [-0.4, -0.2) is 42.7 Å². The molecule has 72 valence electrons. The minimum atomic E-state index is -0.378. The standard InChI is InChI=1S/C7H11N3O3/c11-6-3-10(7(12)8-6)9-5-1-2-13-4-5/h5,9H,1-4H2,(H,8,11,12). The summed E-state index contributed by atoms with van der Waals surface area (Å²) in [6.07, 6.45) is 0.873. The van der Waals surface area contributed by atoms with E-state index in [4.69, 9.17) is 4.74 Å². The van der Waals surface area contributed by atoms with E-state index >= 15 is 0 Å². The third-order valence-corrected chi connectivity index (χ3v) is 2.06. The predicted octanol–water partition coefficient (Wildman–Crippen LogP) is -1.17. The lowest BCUT2D eigenvalue weighted by Crippen LogP contribution is -2.46. The van der Waals surface area contributed by atoms with Gasteiger partial charge in [0.1, 0.15) is 6.54 Å². The first kappa shape index (κ1) is 8.46. The van der Waals surface area contributed by atoms with Crippen molar-refractivity contribution >= 4 is 11.9 Å². The van der Waals surface area contributed by atoms with Crippen LogP contribution in [0.3, 0.4) is 0 Å². The van der Waals surface area contributed by atoms with E-state index < -0.39 is 0 Å². The van der Waals surface area contributed by atoms with Crippen LogP contribution in [0.15, 0.2) is 0 Å². The lowest BCUT2D eigenvalue weighted by Gasteiger charge is -2.18. The number of hydrazine groups is 1. The number of hydrogen-bond donors (Lipinski definition) is 2. The van der Waals surface area contributed by atoms with E-state index in [1.807, 2.05) is 0 Å². The Labute approximate surface area is 75.2 Å². The molecule has 0 spiro atoms. The Morgan fingerprint density at radius 3 is 2.92 bits per heavy atom. The number of amides is 3. The summed E-state index contributed by atoms with van der Waals surface area (Å²) in [5, 5.41) is 3.48. The lowest BCUT2D eigenvalue weighted by molar-refractivity contribution is -0.118. The first-order valence-electron chi connectivity index (χ1n) is 4.21. The molecule has 2 aliphatic heterocycles. The van der Waals surface area contributed by atoms with Crippen molar-refractivity contribution in [3.8, 4) is 0 Å². The van der Waals surface area contributed by atoms with Crippen LogP contribution in [0.1, 0.15) is 6.42 Å². The highest BCUT2D eigenvalue weighted by Crippen LogP contribution is 2.05. The number of rotatable bonds is 2. The number of imide groups is 1. The van der Waals surface area contributed by atoms with Crippen molar-refractivity contribution in [1.29, 1.82) is 0 Å². The van der Waals surface area contributed by atoms with Gasteiger partial charge in [0.25, 0.3) is 0 Å². The summed E-state index contributed by atoms with van der Waals surface area (Å²) < 4.78 is 5.12. The number of carbonyl (C=O) groups is 2. The molecule has 2 aliphatic rings. The lowest BCUT2D eigenvalue weighted by atomic mass is 10.3. The third kappa shape index (κ3) is 1.78. The van der Waals surface area contributed by atoms with Crippen molar-refractivity contribution < 1.29 is 14.3 Å². The summed E-state index contributed by atoms with van der Waals surface area (Å²) in [6.45, 7) is 1.40. The molecule has 0 saturated carbocycles. The maximum absolute atomic E-state index is 11.1. The highest BCUT2D eigenvalue weighted by atomic mass is 16.5. The van der Waals surface area contributed by atoms with Crippen LogP contribution in [0.4, 0.5) is 4.79 Å². The van der Waals surface area contributed by atoms with E-state index in [-0.39, 0.29) is 24.5 Å². The van der Waals surface area contributed by atoms with Gasteiger partial charge in [0.2, 0.25) is 5.91 Å². The number of nitrogens with zero attached hydrogens (tertiary/aromatic N) is 1. The second-order valence-electron chi connectivity index (χ2n) is 3.13. The van der Waals surface area contributed by atoms with E-state index in [2.05, 4.69) is 10.7 Å². The molecule has 6 nitrogen and oxygen atoms in total. The fourth-order valence-corrected chi connectivity index (χ4v) is 1.40. The Morgan fingerprint density at radius 1 is 1.54 bits per heavy atom. The molecule has 2 N–H and O–H groups in total. The number of hydrogen-bond acceptors (Lipinski definition) is 4.